The largest absolute Gasteiger partial charge is 0.466 e. The molecule has 0 radical (unpaired) electrons. The van der Waals surface area contributed by atoms with Gasteiger partial charge in [0.15, 0.2) is 0 Å². The molecule has 2 rings (SSSR count). The number of carbonyl (C=O) groups is 4. The van der Waals surface area contributed by atoms with E-state index in [0.29, 0.717) is 57.5 Å². The highest BCUT2D eigenvalue weighted by Gasteiger charge is 2.31. The molecule has 2 fully saturated rings. The van der Waals surface area contributed by atoms with Gasteiger partial charge in [-0.15, -0.1) is 6.42 Å². The normalized spacial score (nSPS) is 19.4. The molecule has 2 aliphatic rings. The van der Waals surface area contributed by atoms with Gasteiger partial charge in [-0.25, -0.2) is 4.79 Å². The highest BCUT2D eigenvalue weighted by molar-refractivity contribution is 5.82. The smallest absolute Gasteiger partial charge is 0.410 e. The SMILES string of the molecule is C#C[C@H](CC(=O)OCCC(C)C)NC(=O)[C@@H]1CCCN(C(=O)CCC2CCN(C(=O)OC(C)(C)C)CC2)C1. The van der Waals surface area contributed by atoms with Gasteiger partial charge < -0.3 is 24.6 Å². The molecule has 1 N–H and O–H groups in total. The van der Waals surface area contributed by atoms with Crippen molar-refractivity contribution in [2.75, 3.05) is 32.8 Å². The van der Waals surface area contributed by atoms with Crippen LogP contribution in [0.25, 0.3) is 0 Å². The topological polar surface area (TPSA) is 105 Å². The second kappa shape index (κ2) is 15.0. The molecule has 2 saturated heterocycles. The number of carbonyl (C=O) groups excluding carboxylic acids is 4. The Morgan fingerprint density at radius 1 is 1.05 bits per heavy atom. The Bertz CT molecular complexity index is 851. The van der Waals surface area contributed by atoms with Crippen LogP contribution in [0.2, 0.25) is 0 Å². The molecule has 0 aliphatic carbocycles. The summed E-state index contributed by atoms with van der Waals surface area (Å²) in [5, 5.41) is 2.78. The van der Waals surface area contributed by atoms with Gasteiger partial charge in [0.25, 0.3) is 0 Å². The van der Waals surface area contributed by atoms with Crippen molar-refractivity contribution in [2.45, 2.75) is 97.6 Å². The van der Waals surface area contributed by atoms with E-state index in [4.69, 9.17) is 15.9 Å². The van der Waals surface area contributed by atoms with Gasteiger partial charge in [0.05, 0.1) is 18.9 Å². The fourth-order valence-electron chi connectivity index (χ4n) is 4.71. The summed E-state index contributed by atoms with van der Waals surface area (Å²) in [5.74, 6) is 2.34. The Morgan fingerprint density at radius 3 is 2.34 bits per heavy atom. The van der Waals surface area contributed by atoms with Crippen LogP contribution in [0.3, 0.4) is 0 Å². The van der Waals surface area contributed by atoms with Gasteiger partial charge in [-0.05, 0) is 71.1 Å². The quantitative estimate of drug-likeness (QED) is 0.339. The van der Waals surface area contributed by atoms with Crippen molar-refractivity contribution in [1.29, 1.82) is 0 Å². The van der Waals surface area contributed by atoms with Crippen LogP contribution < -0.4 is 5.32 Å². The van der Waals surface area contributed by atoms with Gasteiger partial charge >= 0.3 is 12.1 Å². The highest BCUT2D eigenvalue weighted by Crippen LogP contribution is 2.25. The monoisotopic (exact) mass is 533 g/mol. The molecule has 0 spiro atoms. The molecule has 0 aromatic heterocycles. The fraction of sp³-hybridized carbons (Fsp3) is 0.793. The molecule has 0 bridgehead atoms. The van der Waals surface area contributed by atoms with Crippen LogP contribution in [0.4, 0.5) is 4.79 Å². The number of rotatable bonds is 10. The Labute approximate surface area is 228 Å². The maximum Gasteiger partial charge on any atom is 0.410 e. The lowest BCUT2D eigenvalue weighted by molar-refractivity contribution is -0.144. The summed E-state index contributed by atoms with van der Waals surface area (Å²) in [6.45, 7) is 12.3. The van der Waals surface area contributed by atoms with Gasteiger partial charge in [-0.3, -0.25) is 14.4 Å². The number of likely N-dealkylation sites (tertiary alicyclic amines) is 2. The first-order chi connectivity index (χ1) is 17.9. The van der Waals surface area contributed by atoms with E-state index in [9.17, 15) is 19.2 Å². The van der Waals surface area contributed by atoms with Crippen molar-refractivity contribution < 1.29 is 28.7 Å². The molecular formula is C29H47N3O6. The fourth-order valence-corrected chi connectivity index (χ4v) is 4.71. The lowest BCUT2D eigenvalue weighted by Gasteiger charge is -2.34. The molecule has 214 valence electrons. The summed E-state index contributed by atoms with van der Waals surface area (Å²) in [4.78, 5) is 53.6. The molecule has 0 aromatic rings. The third kappa shape index (κ3) is 11.3. The van der Waals surface area contributed by atoms with Crippen LogP contribution in [0, 0.1) is 30.1 Å². The predicted octanol–water partition coefficient (Wildman–Crippen LogP) is 3.75. The molecule has 9 nitrogen and oxygen atoms in total. The number of hydrogen-bond acceptors (Lipinski definition) is 6. The van der Waals surface area contributed by atoms with E-state index in [1.54, 1.807) is 9.80 Å². The van der Waals surface area contributed by atoms with Crippen LogP contribution >= 0.6 is 0 Å². The summed E-state index contributed by atoms with van der Waals surface area (Å²) < 4.78 is 10.7. The highest BCUT2D eigenvalue weighted by atomic mass is 16.6. The number of esters is 1. The van der Waals surface area contributed by atoms with Gasteiger partial charge in [0, 0.05) is 32.6 Å². The van der Waals surface area contributed by atoms with Crippen molar-refractivity contribution in [3.63, 3.8) is 0 Å². The number of ether oxygens (including phenoxy) is 2. The van der Waals surface area contributed by atoms with E-state index in [2.05, 4.69) is 11.2 Å². The molecule has 38 heavy (non-hydrogen) atoms. The van der Waals surface area contributed by atoms with Gasteiger partial charge in [-0.2, -0.15) is 0 Å². The van der Waals surface area contributed by atoms with Gasteiger partial charge in [0.2, 0.25) is 11.8 Å². The number of hydrogen-bond donors (Lipinski definition) is 1. The molecule has 2 heterocycles. The molecule has 0 aromatic carbocycles. The lowest BCUT2D eigenvalue weighted by Crippen LogP contribution is -2.48. The van der Waals surface area contributed by atoms with Crippen LogP contribution in [0.15, 0.2) is 0 Å². The molecule has 2 aliphatic heterocycles. The van der Waals surface area contributed by atoms with E-state index in [-0.39, 0.29) is 30.2 Å². The average Bonchev–Trinajstić information content (AvgIpc) is 2.85. The second-order valence-corrected chi connectivity index (χ2v) is 12.0. The van der Waals surface area contributed by atoms with Crippen molar-refractivity contribution in [3.8, 4) is 12.3 Å². The molecular weight excluding hydrogens is 486 g/mol. The first kappa shape index (κ1) is 31.5. The maximum atomic E-state index is 12.9. The standard InChI is InChI=1S/C29H47N3O6/c1-7-24(19-26(34)37-18-14-21(2)3)30-27(35)23-9-8-15-32(20-23)25(33)11-10-22-12-16-31(17-13-22)28(36)38-29(4,5)6/h1,21-24H,8-20H2,2-6H3,(H,30,35)/t23-,24-/m1/s1. The van der Waals surface area contributed by atoms with Crippen molar-refractivity contribution in [2.24, 2.45) is 17.8 Å². The van der Waals surface area contributed by atoms with Gasteiger partial charge in [-0.1, -0.05) is 19.8 Å². The minimum Gasteiger partial charge on any atom is -0.466 e. The minimum atomic E-state index is -0.730. The first-order valence-corrected chi connectivity index (χ1v) is 14.1. The Hall–Kier alpha value is -2.76. The molecule has 0 unspecified atom stereocenters. The number of nitrogens with zero attached hydrogens (tertiary/aromatic N) is 2. The van der Waals surface area contributed by atoms with E-state index >= 15 is 0 Å². The van der Waals surface area contributed by atoms with Crippen LogP contribution in [-0.2, 0) is 23.9 Å². The molecule has 3 amide bonds. The first-order valence-electron chi connectivity index (χ1n) is 14.1. The van der Waals surface area contributed by atoms with E-state index in [1.165, 1.54) is 0 Å². The van der Waals surface area contributed by atoms with Crippen molar-refractivity contribution >= 4 is 23.9 Å². The molecule has 9 heteroatoms. The predicted molar refractivity (Wildman–Crippen MR) is 145 cm³/mol. The average molecular weight is 534 g/mol. The summed E-state index contributed by atoms with van der Waals surface area (Å²) in [5.41, 5.74) is -0.510. The zero-order valence-electron chi connectivity index (χ0n) is 23.9. The molecule has 0 saturated carbocycles. The van der Waals surface area contributed by atoms with Crippen LogP contribution in [0.1, 0.15) is 86.0 Å². The van der Waals surface area contributed by atoms with Gasteiger partial charge in [0.1, 0.15) is 11.6 Å². The summed E-state index contributed by atoms with van der Waals surface area (Å²) >= 11 is 0. The van der Waals surface area contributed by atoms with Crippen molar-refractivity contribution in [1.82, 2.24) is 15.1 Å². The van der Waals surface area contributed by atoms with Crippen LogP contribution in [0.5, 0.6) is 0 Å². The lowest BCUT2D eigenvalue weighted by atomic mass is 9.91. The third-order valence-electron chi connectivity index (χ3n) is 7.02. The van der Waals surface area contributed by atoms with E-state index in [0.717, 1.165) is 32.1 Å². The third-order valence-corrected chi connectivity index (χ3v) is 7.02. The number of terminal acetylenes is 1. The van der Waals surface area contributed by atoms with Crippen molar-refractivity contribution in [3.05, 3.63) is 0 Å². The Kier molecular flexibility index (Phi) is 12.4. The Morgan fingerprint density at radius 2 is 1.74 bits per heavy atom. The second-order valence-electron chi connectivity index (χ2n) is 12.0. The zero-order valence-corrected chi connectivity index (χ0v) is 23.9. The summed E-state index contributed by atoms with van der Waals surface area (Å²) in [6, 6.07) is -0.730. The summed E-state index contributed by atoms with van der Waals surface area (Å²) in [7, 11) is 0. The number of amides is 3. The zero-order chi connectivity index (χ0) is 28.3. The van der Waals surface area contributed by atoms with E-state index < -0.39 is 17.6 Å². The van der Waals surface area contributed by atoms with E-state index in [1.807, 2.05) is 34.6 Å². The van der Waals surface area contributed by atoms with Crippen LogP contribution in [-0.4, -0.2) is 78.1 Å². The minimum absolute atomic E-state index is 0.0549. The molecule has 2 atom stereocenters. The summed E-state index contributed by atoms with van der Waals surface area (Å²) in [6.07, 6.45) is 10.3. The number of nitrogens with one attached hydrogen (secondary N) is 1. The number of piperidine rings is 2. The Balaban J connectivity index is 1.73. The maximum absolute atomic E-state index is 12.9.